The van der Waals surface area contributed by atoms with Crippen molar-refractivity contribution in [2.75, 3.05) is 21.4 Å². The average molecular weight is 459 g/mol. The minimum Gasteiger partial charge on any atom is -0.459 e. The summed E-state index contributed by atoms with van der Waals surface area (Å²) in [5.41, 5.74) is 8.11. The Morgan fingerprint density at radius 2 is 1.74 bits per heavy atom. The molecule has 1 saturated heterocycles. The molecule has 0 spiro atoms. The van der Waals surface area contributed by atoms with E-state index in [1.807, 2.05) is 25.1 Å². The second-order valence-corrected chi connectivity index (χ2v) is 9.37. The van der Waals surface area contributed by atoms with Crippen molar-refractivity contribution in [2.45, 2.75) is 52.2 Å². The van der Waals surface area contributed by atoms with E-state index in [1.165, 1.54) is 6.26 Å². The molecule has 2 amide bonds. The van der Waals surface area contributed by atoms with E-state index in [2.05, 4.69) is 48.5 Å². The number of carbonyl (C=O) groups excluding carboxylic acids is 2. The van der Waals surface area contributed by atoms with E-state index in [0.717, 1.165) is 28.9 Å². The van der Waals surface area contributed by atoms with Crippen LogP contribution >= 0.6 is 0 Å². The first-order valence-electron chi connectivity index (χ1n) is 11.8. The fourth-order valence-corrected chi connectivity index (χ4v) is 5.21. The third-order valence-corrected chi connectivity index (χ3v) is 6.68. The molecule has 2 unspecified atom stereocenters. The Kier molecular flexibility index (Phi) is 5.65. The number of hydrazine groups is 1. The Morgan fingerprint density at radius 3 is 2.41 bits per heavy atom. The van der Waals surface area contributed by atoms with Crippen LogP contribution in [0.25, 0.3) is 11.1 Å². The summed E-state index contributed by atoms with van der Waals surface area (Å²) in [7, 11) is 0. The minimum atomic E-state index is -0.212. The summed E-state index contributed by atoms with van der Waals surface area (Å²) >= 11 is 0. The molecule has 3 heterocycles. The van der Waals surface area contributed by atoms with Crippen molar-refractivity contribution in [3.63, 3.8) is 0 Å². The molecule has 2 aliphatic heterocycles. The van der Waals surface area contributed by atoms with Crippen LogP contribution in [0.15, 0.2) is 65.3 Å². The van der Waals surface area contributed by atoms with Gasteiger partial charge in [-0.3, -0.25) is 9.59 Å². The number of benzene rings is 2. The van der Waals surface area contributed by atoms with Gasteiger partial charge in [0.1, 0.15) is 0 Å². The lowest BCUT2D eigenvalue weighted by molar-refractivity contribution is -0.117. The maximum atomic E-state index is 13.3. The van der Waals surface area contributed by atoms with Gasteiger partial charge in [-0.1, -0.05) is 18.2 Å². The highest BCUT2D eigenvalue weighted by molar-refractivity contribution is 6.10. The van der Waals surface area contributed by atoms with Gasteiger partial charge < -0.3 is 19.2 Å². The van der Waals surface area contributed by atoms with E-state index in [1.54, 1.807) is 28.9 Å². The lowest BCUT2D eigenvalue weighted by Crippen LogP contribution is -2.51. The molecular weight excluding hydrogens is 428 g/mol. The molecule has 0 saturated carbocycles. The van der Waals surface area contributed by atoms with Gasteiger partial charge in [-0.25, -0.2) is 5.43 Å². The molecule has 1 aromatic heterocycles. The summed E-state index contributed by atoms with van der Waals surface area (Å²) in [4.78, 5) is 29.3. The van der Waals surface area contributed by atoms with Gasteiger partial charge in [-0.15, -0.1) is 0 Å². The lowest BCUT2D eigenvalue weighted by Gasteiger charge is -2.40. The van der Waals surface area contributed by atoms with Crippen molar-refractivity contribution in [1.82, 2.24) is 5.43 Å². The number of anilines is 3. The Balaban J connectivity index is 1.57. The van der Waals surface area contributed by atoms with Crippen molar-refractivity contribution in [2.24, 2.45) is 0 Å². The molecule has 1 N–H and O–H groups in total. The minimum absolute atomic E-state index is 0.0446. The van der Waals surface area contributed by atoms with Gasteiger partial charge in [0.15, 0.2) is 5.76 Å². The predicted molar refractivity (Wildman–Crippen MR) is 134 cm³/mol. The smallest absolute Gasteiger partial charge is 0.294 e. The standard InChI is InChI=1S/C27H30N4O3/c1-17-13-18(2)31(28-17)23-8-5-7-21(14-23)22-10-11-24-25(15-22)29(16-19(3)30(24)20(4)32)27(33)26-9-6-12-34-26/h5-12,14-15,17-19,28H,13,16H2,1-4H3/t17?,18?,19-/m0/s1. The Morgan fingerprint density at radius 1 is 0.941 bits per heavy atom. The highest BCUT2D eigenvalue weighted by Crippen LogP contribution is 2.40. The molecule has 2 aromatic carbocycles. The maximum absolute atomic E-state index is 13.3. The van der Waals surface area contributed by atoms with Crippen LogP contribution < -0.4 is 20.2 Å². The maximum Gasteiger partial charge on any atom is 0.294 e. The van der Waals surface area contributed by atoms with Gasteiger partial charge in [0, 0.05) is 25.6 Å². The van der Waals surface area contributed by atoms with Crippen LogP contribution in [0.2, 0.25) is 0 Å². The first kappa shape index (κ1) is 22.2. The summed E-state index contributed by atoms with van der Waals surface area (Å²) in [6.07, 6.45) is 2.59. The normalized spacial score (nSPS) is 22.1. The molecule has 34 heavy (non-hydrogen) atoms. The second kappa shape index (κ2) is 8.65. The number of nitrogens with one attached hydrogen (secondary N) is 1. The molecular formula is C27H30N4O3. The second-order valence-electron chi connectivity index (χ2n) is 9.37. The van der Waals surface area contributed by atoms with Crippen LogP contribution in [0, 0.1) is 0 Å². The number of furan rings is 1. The summed E-state index contributed by atoms with van der Waals surface area (Å²) in [6.45, 7) is 8.32. The number of carbonyl (C=O) groups is 2. The van der Waals surface area contributed by atoms with Crippen molar-refractivity contribution >= 4 is 28.9 Å². The van der Waals surface area contributed by atoms with Gasteiger partial charge in [-0.2, -0.15) is 0 Å². The Bertz CT molecular complexity index is 1220. The largest absolute Gasteiger partial charge is 0.459 e. The molecule has 2 aliphatic rings. The number of hydrogen-bond donors (Lipinski definition) is 1. The molecule has 7 heteroatoms. The quantitative estimate of drug-likeness (QED) is 0.608. The molecule has 3 aromatic rings. The monoisotopic (exact) mass is 458 g/mol. The third-order valence-electron chi connectivity index (χ3n) is 6.68. The number of rotatable bonds is 3. The Labute approximate surface area is 199 Å². The van der Waals surface area contributed by atoms with Gasteiger partial charge in [-0.05, 0) is 74.7 Å². The number of hydrogen-bond acceptors (Lipinski definition) is 5. The van der Waals surface area contributed by atoms with E-state index < -0.39 is 0 Å². The van der Waals surface area contributed by atoms with Crippen LogP contribution in [-0.2, 0) is 4.79 Å². The van der Waals surface area contributed by atoms with Crippen LogP contribution in [0.1, 0.15) is 44.7 Å². The molecule has 0 bridgehead atoms. The van der Waals surface area contributed by atoms with Gasteiger partial charge in [0.2, 0.25) is 5.91 Å². The van der Waals surface area contributed by atoms with Crippen molar-refractivity contribution < 1.29 is 14.0 Å². The summed E-state index contributed by atoms with van der Waals surface area (Å²) in [5.74, 6) is 0.0260. The van der Waals surface area contributed by atoms with Gasteiger partial charge in [0.25, 0.3) is 5.91 Å². The molecule has 7 nitrogen and oxygen atoms in total. The van der Waals surface area contributed by atoms with Gasteiger partial charge >= 0.3 is 0 Å². The summed E-state index contributed by atoms with van der Waals surface area (Å²) < 4.78 is 5.40. The van der Waals surface area contributed by atoms with E-state index in [-0.39, 0.29) is 23.6 Å². The first-order valence-corrected chi connectivity index (χ1v) is 11.8. The fraction of sp³-hybridized carbons (Fsp3) is 0.333. The molecule has 0 aliphatic carbocycles. The highest BCUT2D eigenvalue weighted by atomic mass is 16.3. The topological polar surface area (TPSA) is 69.0 Å². The highest BCUT2D eigenvalue weighted by Gasteiger charge is 2.35. The predicted octanol–water partition coefficient (Wildman–Crippen LogP) is 4.84. The van der Waals surface area contributed by atoms with Crippen LogP contribution in [0.4, 0.5) is 17.1 Å². The van der Waals surface area contributed by atoms with E-state index in [4.69, 9.17) is 4.42 Å². The van der Waals surface area contributed by atoms with E-state index >= 15 is 0 Å². The summed E-state index contributed by atoms with van der Waals surface area (Å²) in [5, 5.41) is 2.22. The van der Waals surface area contributed by atoms with Crippen molar-refractivity contribution in [1.29, 1.82) is 0 Å². The summed E-state index contributed by atoms with van der Waals surface area (Å²) in [6, 6.07) is 18.4. The zero-order valence-corrected chi connectivity index (χ0v) is 20.0. The fourth-order valence-electron chi connectivity index (χ4n) is 5.21. The third kappa shape index (κ3) is 3.86. The number of amides is 2. The van der Waals surface area contributed by atoms with Crippen LogP contribution in [-0.4, -0.2) is 36.5 Å². The van der Waals surface area contributed by atoms with E-state index in [0.29, 0.717) is 24.3 Å². The zero-order chi connectivity index (χ0) is 24.0. The lowest BCUT2D eigenvalue weighted by atomic mass is 9.99. The molecule has 1 fully saturated rings. The van der Waals surface area contributed by atoms with Gasteiger partial charge in [0.05, 0.1) is 29.4 Å². The molecule has 3 atom stereocenters. The van der Waals surface area contributed by atoms with E-state index in [9.17, 15) is 9.59 Å². The molecule has 0 radical (unpaired) electrons. The average Bonchev–Trinajstić information content (AvgIpc) is 3.47. The van der Waals surface area contributed by atoms with Crippen LogP contribution in [0.3, 0.4) is 0 Å². The Hall–Kier alpha value is -3.58. The number of fused-ring (bicyclic) bond motifs is 1. The van der Waals surface area contributed by atoms with Crippen molar-refractivity contribution in [3.8, 4) is 11.1 Å². The number of nitrogens with zero attached hydrogens (tertiary/aromatic N) is 3. The van der Waals surface area contributed by atoms with Crippen molar-refractivity contribution in [3.05, 3.63) is 66.6 Å². The molecule has 5 rings (SSSR count). The first-order chi connectivity index (χ1) is 16.3. The molecule has 176 valence electrons. The zero-order valence-electron chi connectivity index (χ0n) is 20.0. The van der Waals surface area contributed by atoms with Crippen LogP contribution in [0.5, 0.6) is 0 Å². The SMILES string of the molecule is CC(=O)N1c2ccc(-c3cccc(N4NC(C)CC4C)c3)cc2N(C(=O)c2ccco2)C[C@@H]1C.